The van der Waals surface area contributed by atoms with E-state index in [2.05, 4.69) is 22.3 Å². The SMILES string of the molecule is COc1cc2c(cc1OCCN(C)C)C(c1c(Cl)cccc1Cl)NCC2. The molecule has 4 nitrogen and oxygen atoms in total. The summed E-state index contributed by atoms with van der Waals surface area (Å²) in [5.74, 6) is 1.50. The van der Waals surface area contributed by atoms with Crippen molar-refractivity contribution < 1.29 is 9.47 Å². The normalized spacial score (nSPS) is 16.5. The number of likely N-dealkylation sites (N-methyl/N-ethyl adjacent to an activating group) is 1. The van der Waals surface area contributed by atoms with Gasteiger partial charge in [-0.1, -0.05) is 29.3 Å². The monoisotopic (exact) mass is 394 g/mol. The van der Waals surface area contributed by atoms with Crippen LogP contribution in [0.25, 0.3) is 0 Å². The zero-order chi connectivity index (χ0) is 18.7. The molecule has 6 heteroatoms. The molecule has 1 aliphatic rings. The van der Waals surface area contributed by atoms with Crippen LogP contribution in [0.2, 0.25) is 10.0 Å². The van der Waals surface area contributed by atoms with Crippen molar-refractivity contribution in [3.8, 4) is 11.5 Å². The van der Waals surface area contributed by atoms with Gasteiger partial charge in [-0.15, -0.1) is 0 Å². The fourth-order valence-electron chi connectivity index (χ4n) is 3.22. The summed E-state index contributed by atoms with van der Waals surface area (Å²) in [6.07, 6.45) is 0.919. The molecule has 2 aromatic carbocycles. The first-order chi connectivity index (χ1) is 12.5. The Bertz CT molecular complexity index is 760. The molecular weight excluding hydrogens is 371 g/mol. The fraction of sp³-hybridized carbons (Fsp3) is 0.400. The highest BCUT2D eigenvalue weighted by molar-refractivity contribution is 6.36. The van der Waals surface area contributed by atoms with Crippen molar-refractivity contribution >= 4 is 23.2 Å². The van der Waals surface area contributed by atoms with Crippen LogP contribution in [-0.2, 0) is 6.42 Å². The lowest BCUT2D eigenvalue weighted by Crippen LogP contribution is -2.31. The zero-order valence-electron chi connectivity index (χ0n) is 15.3. The molecule has 0 fully saturated rings. The van der Waals surface area contributed by atoms with Gasteiger partial charge in [0.15, 0.2) is 11.5 Å². The van der Waals surface area contributed by atoms with Gasteiger partial charge in [-0.2, -0.15) is 0 Å². The van der Waals surface area contributed by atoms with Gasteiger partial charge in [0, 0.05) is 28.7 Å². The Morgan fingerprint density at radius 2 is 1.88 bits per heavy atom. The molecule has 140 valence electrons. The van der Waals surface area contributed by atoms with Gasteiger partial charge < -0.3 is 19.7 Å². The smallest absolute Gasteiger partial charge is 0.161 e. The highest BCUT2D eigenvalue weighted by atomic mass is 35.5. The summed E-state index contributed by atoms with van der Waals surface area (Å²) in [7, 11) is 5.71. The minimum atomic E-state index is -0.0675. The first kappa shape index (κ1) is 19.3. The summed E-state index contributed by atoms with van der Waals surface area (Å²) in [6, 6.07) is 9.66. The molecule has 1 aliphatic heterocycles. The summed E-state index contributed by atoms with van der Waals surface area (Å²) in [5.41, 5.74) is 3.26. The first-order valence-corrected chi connectivity index (χ1v) is 9.42. The Kier molecular flexibility index (Phi) is 6.30. The minimum Gasteiger partial charge on any atom is -0.493 e. The van der Waals surface area contributed by atoms with E-state index in [9.17, 15) is 0 Å². The number of ether oxygens (including phenoxy) is 2. The predicted octanol–water partition coefficient (Wildman–Crippen LogP) is 4.18. The molecule has 2 aromatic rings. The number of hydrogen-bond donors (Lipinski definition) is 1. The largest absolute Gasteiger partial charge is 0.493 e. The van der Waals surface area contributed by atoms with Gasteiger partial charge in [0.25, 0.3) is 0 Å². The summed E-state index contributed by atoms with van der Waals surface area (Å²) < 4.78 is 11.5. The maximum Gasteiger partial charge on any atom is 0.161 e. The van der Waals surface area contributed by atoms with Crippen molar-refractivity contribution in [2.24, 2.45) is 0 Å². The molecule has 0 amide bonds. The van der Waals surface area contributed by atoms with Crippen LogP contribution in [0.5, 0.6) is 11.5 Å². The number of nitrogens with zero attached hydrogens (tertiary/aromatic N) is 1. The van der Waals surface area contributed by atoms with Gasteiger partial charge in [0.2, 0.25) is 0 Å². The van der Waals surface area contributed by atoms with Gasteiger partial charge in [0.1, 0.15) is 6.61 Å². The Morgan fingerprint density at radius 3 is 2.54 bits per heavy atom. The van der Waals surface area contributed by atoms with Crippen molar-refractivity contribution in [1.82, 2.24) is 10.2 Å². The van der Waals surface area contributed by atoms with Crippen molar-refractivity contribution in [2.75, 3.05) is 40.9 Å². The van der Waals surface area contributed by atoms with Gasteiger partial charge >= 0.3 is 0 Å². The van der Waals surface area contributed by atoms with Gasteiger partial charge in [-0.05, 0) is 55.9 Å². The third-order valence-electron chi connectivity index (χ3n) is 4.56. The zero-order valence-corrected chi connectivity index (χ0v) is 16.8. The highest BCUT2D eigenvalue weighted by Crippen LogP contribution is 2.41. The van der Waals surface area contributed by atoms with Crippen molar-refractivity contribution in [3.63, 3.8) is 0 Å². The molecule has 1 atom stereocenters. The molecule has 1 N–H and O–H groups in total. The number of rotatable bonds is 6. The lowest BCUT2D eigenvalue weighted by atomic mass is 9.89. The fourth-order valence-corrected chi connectivity index (χ4v) is 3.83. The van der Waals surface area contributed by atoms with E-state index in [1.165, 1.54) is 5.56 Å². The summed E-state index contributed by atoms with van der Waals surface area (Å²) in [5, 5.41) is 4.86. The van der Waals surface area contributed by atoms with Crippen molar-refractivity contribution in [3.05, 3.63) is 57.1 Å². The predicted molar refractivity (Wildman–Crippen MR) is 107 cm³/mol. The molecule has 1 unspecified atom stereocenters. The summed E-state index contributed by atoms with van der Waals surface area (Å²) in [6.45, 7) is 2.27. The Balaban J connectivity index is 2.00. The van der Waals surface area contributed by atoms with Crippen LogP contribution < -0.4 is 14.8 Å². The van der Waals surface area contributed by atoms with E-state index >= 15 is 0 Å². The molecule has 0 aromatic heterocycles. The third kappa shape index (κ3) is 4.09. The van der Waals surface area contributed by atoms with Crippen LogP contribution in [0.4, 0.5) is 0 Å². The number of benzene rings is 2. The lowest BCUT2D eigenvalue weighted by molar-refractivity contribution is 0.250. The van der Waals surface area contributed by atoms with E-state index in [1.54, 1.807) is 7.11 Å². The van der Waals surface area contributed by atoms with Crippen LogP contribution in [0.15, 0.2) is 30.3 Å². The molecule has 1 heterocycles. The van der Waals surface area contributed by atoms with Crippen LogP contribution in [0.1, 0.15) is 22.7 Å². The number of hydrogen-bond acceptors (Lipinski definition) is 4. The average molecular weight is 395 g/mol. The van der Waals surface area contributed by atoms with E-state index in [0.717, 1.165) is 42.1 Å². The summed E-state index contributed by atoms with van der Waals surface area (Å²) in [4.78, 5) is 2.08. The van der Waals surface area contributed by atoms with Crippen LogP contribution in [-0.4, -0.2) is 45.8 Å². The summed E-state index contributed by atoms with van der Waals surface area (Å²) >= 11 is 12.9. The Labute approximate surface area is 165 Å². The second kappa shape index (κ2) is 8.49. The second-order valence-corrected chi connectivity index (χ2v) is 7.44. The highest BCUT2D eigenvalue weighted by Gasteiger charge is 2.27. The molecular formula is C20H24Cl2N2O2. The third-order valence-corrected chi connectivity index (χ3v) is 5.22. The molecule has 0 spiro atoms. The minimum absolute atomic E-state index is 0.0675. The van der Waals surface area contributed by atoms with E-state index < -0.39 is 0 Å². The molecule has 0 radical (unpaired) electrons. The van der Waals surface area contributed by atoms with Crippen molar-refractivity contribution in [1.29, 1.82) is 0 Å². The topological polar surface area (TPSA) is 33.7 Å². The first-order valence-electron chi connectivity index (χ1n) is 8.67. The Hall–Kier alpha value is -1.46. The van der Waals surface area contributed by atoms with Crippen LogP contribution in [0.3, 0.4) is 0 Å². The van der Waals surface area contributed by atoms with Crippen LogP contribution >= 0.6 is 23.2 Å². The second-order valence-electron chi connectivity index (χ2n) is 6.63. The molecule has 3 rings (SSSR count). The number of nitrogens with one attached hydrogen (secondary N) is 1. The number of methoxy groups -OCH3 is 1. The van der Waals surface area contributed by atoms with E-state index in [-0.39, 0.29) is 6.04 Å². The maximum absolute atomic E-state index is 6.46. The van der Waals surface area contributed by atoms with Crippen molar-refractivity contribution in [2.45, 2.75) is 12.5 Å². The van der Waals surface area contributed by atoms with E-state index in [0.29, 0.717) is 16.7 Å². The maximum atomic E-state index is 6.46. The van der Waals surface area contributed by atoms with Crippen LogP contribution in [0, 0.1) is 0 Å². The molecule has 0 aliphatic carbocycles. The lowest BCUT2D eigenvalue weighted by Gasteiger charge is -2.30. The molecule has 26 heavy (non-hydrogen) atoms. The van der Waals surface area contributed by atoms with E-state index in [4.69, 9.17) is 32.7 Å². The van der Waals surface area contributed by atoms with E-state index in [1.807, 2.05) is 32.3 Å². The quantitative estimate of drug-likeness (QED) is 0.796. The number of fused-ring (bicyclic) bond motifs is 1. The average Bonchev–Trinajstić information content (AvgIpc) is 2.61. The molecule has 0 bridgehead atoms. The molecule has 0 saturated heterocycles. The van der Waals surface area contributed by atoms with Gasteiger partial charge in [-0.25, -0.2) is 0 Å². The number of halogens is 2. The Morgan fingerprint density at radius 1 is 1.15 bits per heavy atom. The van der Waals surface area contributed by atoms with Gasteiger partial charge in [-0.3, -0.25) is 0 Å². The van der Waals surface area contributed by atoms with Gasteiger partial charge in [0.05, 0.1) is 13.2 Å². The molecule has 0 saturated carbocycles. The standard InChI is InChI=1S/C20H24Cl2N2O2/c1-24(2)9-10-26-18-12-14-13(11-17(18)25-3)7-8-23-20(14)19-15(21)5-4-6-16(19)22/h4-6,11-12,20,23H,7-10H2,1-3H3.